The highest BCUT2D eigenvalue weighted by Crippen LogP contribution is 2.26. The van der Waals surface area contributed by atoms with Crippen molar-refractivity contribution in [1.82, 2.24) is 9.78 Å². The zero-order valence-electron chi connectivity index (χ0n) is 11.1. The van der Waals surface area contributed by atoms with Gasteiger partial charge in [-0.1, -0.05) is 17.7 Å². The van der Waals surface area contributed by atoms with Crippen molar-refractivity contribution in [3.63, 3.8) is 0 Å². The predicted molar refractivity (Wildman–Crippen MR) is 71.6 cm³/mol. The maximum absolute atomic E-state index is 6.26. The molecular formula is C14H19N3O. The quantitative estimate of drug-likeness (QED) is 0.898. The molecule has 0 saturated carbocycles. The molecule has 2 aromatic rings. The fourth-order valence-electron chi connectivity index (χ4n) is 2.02. The van der Waals surface area contributed by atoms with Gasteiger partial charge in [0.25, 0.3) is 0 Å². The van der Waals surface area contributed by atoms with Gasteiger partial charge in [-0.05, 0) is 26.0 Å². The average Bonchev–Trinajstić information content (AvgIpc) is 2.75. The van der Waals surface area contributed by atoms with E-state index in [0.29, 0.717) is 6.54 Å². The van der Waals surface area contributed by atoms with Crippen LogP contribution in [0, 0.1) is 13.8 Å². The molecule has 0 spiro atoms. The summed E-state index contributed by atoms with van der Waals surface area (Å²) in [6.07, 6.45) is 1.79. The number of nitrogens with zero attached hydrogens (tertiary/aromatic N) is 2. The van der Waals surface area contributed by atoms with Gasteiger partial charge in [0, 0.05) is 17.5 Å². The van der Waals surface area contributed by atoms with Gasteiger partial charge >= 0.3 is 0 Å². The van der Waals surface area contributed by atoms with Crippen molar-refractivity contribution in [1.29, 1.82) is 0 Å². The van der Waals surface area contributed by atoms with Crippen LogP contribution in [0.25, 0.3) is 0 Å². The second kappa shape index (κ2) is 5.23. The number of aryl methyl sites for hydroxylation is 2. The van der Waals surface area contributed by atoms with Crippen LogP contribution in [0.5, 0.6) is 5.75 Å². The highest BCUT2D eigenvalue weighted by atomic mass is 16.5. The highest BCUT2D eigenvalue weighted by Gasteiger charge is 2.13. The standard InChI is InChI=1S/C14H19N3O/c1-10-4-5-14(18-3)12(8-10)13(15)9-17-11(2)6-7-16-17/h4-8,13H,9,15H2,1-3H3. The van der Waals surface area contributed by atoms with Crippen molar-refractivity contribution in [2.75, 3.05) is 7.11 Å². The van der Waals surface area contributed by atoms with Gasteiger partial charge in [0.2, 0.25) is 0 Å². The summed E-state index contributed by atoms with van der Waals surface area (Å²) >= 11 is 0. The molecule has 0 fully saturated rings. The topological polar surface area (TPSA) is 53.1 Å². The molecule has 1 aromatic heterocycles. The van der Waals surface area contributed by atoms with E-state index in [9.17, 15) is 0 Å². The molecule has 2 N–H and O–H groups in total. The molecule has 1 aromatic carbocycles. The minimum atomic E-state index is -0.126. The lowest BCUT2D eigenvalue weighted by molar-refractivity contribution is 0.399. The van der Waals surface area contributed by atoms with Crippen LogP contribution in [0.2, 0.25) is 0 Å². The van der Waals surface area contributed by atoms with Gasteiger partial charge in [0.05, 0.1) is 19.7 Å². The molecule has 0 aliphatic heterocycles. The van der Waals surface area contributed by atoms with E-state index in [-0.39, 0.29) is 6.04 Å². The maximum Gasteiger partial charge on any atom is 0.123 e. The van der Waals surface area contributed by atoms with Crippen LogP contribution in [0.3, 0.4) is 0 Å². The minimum absolute atomic E-state index is 0.126. The van der Waals surface area contributed by atoms with E-state index in [0.717, 1.165) is 17.0 Å². The van der Waals surface area contributed by atoms with Crippen LogP contribution in [-0.2, 0) is 6.54 Å². The summed E-state index contributed by atoms with van der Waals surface area (Å²) < 4.78 is 7.27. The van der Waals surface area contributed by atoms with E-state index in [1.165, 1.54) is 5.56 Å². The lowest BCUT2D eigenvalue weighted by Gasteiger charge is -2.17. The Hall–Kier alpha value is -1.81. The van der Waals surface area contributed by atoms with Crippen molar-refractivity contribution < 1.29 is 4.74 Å². The van der Waals surface area contributed by atoms with Crippen LogP contribution in [0.15, 0.2) is 30.5 Å². The van der Waals surface area contributed by atoms with E-state index in [1.807, 2.05) is 29.8 Å². The van der Waals surface area contributed by atoms with Crippen molar-refractivity contribution in [3.05, 3.63) is 47.3 Å². The highest BCUT2D eigenvalue weighted by molar-refractivity contribution is 5.38. The number of benzene rings is 1. The van der Waals surface area contributed by atoms with Gasteiger partial charge in [0.15, 0.2) is 0 Å². The molecular weight excluding hydrogens is 226 g/mol. The van der Waals surface area contributed by atoms with Crippen LogP contribution in [0.4, 0.5) is 0 Å². The number of methoxy groups -OCH3 is 1. The summed E-state index contributed by atoms with van der Waals surface area (Å²) in [5.74, 6) is 0.831. The molecule has 4 heteroatoms. The van der Waals surface area contributed by atoms with Crippen LogP contribution in [0.1, 0.15) is 22.9 Å². The Balaban J connectivity index is 2.25. The zero-order chi connectivity index (χ0) is 13.1. The molecule has 0 aliphatic rings. The molecule has 96 valence electrons. The third kappa shape index (κ3) is 2.54. The Labute approximate surface area is 107 Å². The summed E-state index contributed by atoms with van der Waals surface area (Å²) in [5.41, 5.74) is 9.57. The summed E-state index contributed by atoms with van der Waals surface area (Å²) in [5, 5.41) is 4.26. The third-order valence-electron chi connectivity index (χ3n) is 3.08. The zero-order valence-corrected chi connectivity index (χ0v) is 11.1. The fourth-order valence-corrected chi connectivity index (χ4v) is 2.02. The first-order valence-corrected chi connectivity index (χ1v) is 6.00. The van der Waals surface area contributed by atoms with Crippen LogP contribution in [-0.4, -0.2) is 16.9 Å². The molecule has 1 atom stereocenters. The van der Waals surface area contributed by atoms with Crippen molar-refractivity contribution in [2.24, 2.45) is 5.73 Å². The van der Waals surface area contributed by atoms with Gasteiger partial charge < -0.3 is 10.5 Å². The predicted octanol–water partition coefficient (Wildman–Crippen LogP) is 2.21. The Morgan fingerprint density at radius 1 is 1.33 bits per heavy atom. The Morgan fingerprint density at radius 2 is 2.11 bits per heavy atom. The summed E-state index contributed by atoms with van der Waals surface area (Å²) in [6.45, 7) is 4.72. The largest absolute Gasteiger partial charge is 0.496 e. The normalized spacial score (nSPS) is 12.4. The monoisotopic (exact) mass is 245 g/mol. The number of aromatic nitrogens is 2. The second-order valence-corrected chi connectivity index (χ2v) is 4.51. The minimum Gasteiger partial charge on any atom is -0.496 e. The molecule has 1 unspecified atom stereocenters. The SMILES string of the molecule is COc1ccc(C)cc1C(N)Cn1nccc1C. The smallest absolute Gasteiger partial charge is 0.123 e. The molecule has 18 heavy (non-hydrogen) atoms. The molecule has 0 saturated heterocycles. The Kier molecular flexibility index (Phi) is 3.67. The lowest BCUT2D eigenvalue weighted by Crippen LogP contribution is -2.20. The molecule has 0 amide bonds. The number of hydrogen-bond donors (Lipinski definition) is 1. The van der Waals surface area contributed by atoms with Crippen LogP contribution >= 0.6 is 0 Å². The molecule has 1 heterocycles. The number of ether oxygens (including phenoxy) is 1. The Morgan fingerprint density at radius 3 is 2.72 bits per heavy atom. The number of nitrogens with two attached hydrogens (primary N) is 1. The first-order valence-electron chi connectivity index (χ1n) is 6.00. The number of rotatable bonds is 4. The molecule has 0 bridgehead atoms. The fraction of sp³-hybridized carbons (Fsp3) is 0.357. The number of hydrogen-bond acceptors (Lipinski definition) is 3. The third-order valence-corrected chi connectivity index (χ3v) is 3.08. The van der Waals surface area contributed by atoms with E-state index in [1.54, 1.807) is 13.3 Å². The summed E-state index contributed by atoms with van der Waals surface area (Å²) in [7, 11) is 1.67. The van der Waals surface area contributed by atoms with E-state index in [2.05, 4.69) is 18.1 Å². The maximum atomic E-state index is 6.26. The van der Waals surface area contributed by atoms with Gasteiger partial charge in [0.1, 0.15) is 5.75 Å². The first-order chi connectivity index (χ1) is 8.61. The summed E-state index contributed by atoms with van der Waals surface area (Å²) in [4.78, 5) is 0. The van der Waals surface area contributed by atoms with Crippen LogP contribution < -0.4 is 10.5 Å². The van der Waals surface area contributed by atoms with E-state index >= 15 is 0 Å². The molecule has 2 rings (SSSR count). The Bertz CT molecular complexity index is 534. The van der Waals surface area contributed by atoms with Crippen molar-refractivity contribution >= 4 is 0 Å². The van der Waals surface area contributed by atoms with E-state index in [4.69, 9.17) is 10.5 Å². The molecule has 0 aliphatic carbocycles. The van der Waals surface area contributed by atoms with Gasteiger partial charge in [-0.3, -0.25) is 4.68 Å². The first kappa shape index (κ1) is 12.6. The lowest BCUT2D eigenvalue weighted by atomic mass is 10.0. The molecule has 4 nitrogen and oxygen atoms in total. The summed E-state index contributed by atoms with van der Waals surface area (Å²) in [6, 6.07) is 7.90. The van der Waals surface area contributed by atoms with Gasteiger partial charge in [-0.2, -0.15) is 5.10 Å². The average molecular weight is 245 g/mol. The molecule has 0 radical (unpaired) electrons. The van der Waals surface area contributed by atoms with Gasteiger partial charge in [-0.25, -0.2) is 0 Å². The second-order valence-electron chi connectivity index (χ2n) is 4.51. The van der Waals surface area contributed by atoms with Gasteiger partial charge in [-0.15, -0.1) is 0 Å². The van der Waals surface area contributed by atoms with Crippen molar-refractivity contribution in [3.8, 4) is 5.75 Å². The van der Waals surface area contributed by atoms with Crippen molar-refractivity contribution in [2.45, 2.75) is 26.4 Å². The van der Waals surface area contributed by atoms with E-state index < -0.39 is 0 Å².